The van der Waals surface area contributed by atoms with Crippen LogP contribution in [-0.2, 0) is 11.2 Å². The van der Waals surface area contributed by atoms with Gasteiger partial charge in [-0.25, -0.2) is 9.50 Å². The van der Waals surface area contributed by atoms with Crippen LogP contribution in [0.5, 0.6) is 0 Å². The van der Waals surface area contributed by atoms with Gasteiger partial charge in [0.05, 0.1) is 6.20 Å². The van der Waals surface area contributed by atoms with E-state index in [1.165, 1.54) is 25.5 Å². The van der Waals surface area contributed by atoms with Crippen molar-refractivity contribution in [1.29, 1.82) is 5.26 Å². The van der Waals surface area contributed by atoms with Crippen LogP contribution in [0, 0.1) is 31.1 Å². The van der Waals surface area contributed by atoms with E-state index in [9.17, 15) is 4.79 Å². The van der Waals surface area contributed by atoms with Crippen LogP contribution in [0.3, 0.4) is 0 Å². The van der Waals surface area contributed by atoms with E-state index in [4.69, 9.17) is 5.26 Å². The number of nitrogens with zero attached hydrogens (tertiary/aromatic N) is 5. The predicted molar refractivity (Wildman–Crippen MR) is 90.5 cm³/mol. The summed E-state index contributed by atoms with van der Waals surface area (Å²) in [5.74, 6) is 0.868. The number of aryl methyl sites for hydroxylation is 2. The van der Waals surface area contributed by atoms with Crippen molar-refractivity contribution in [1.82, 2.24) is 19.5 Å². The summed E-state index contributed by atoms with van der Waals surface area (Å²) in [6, 6.07) is 2.11. The molecule has 24 heavy (non-hydrogen) atoms. The van der Waals surface area contributed by atoms with Crippen molar-refractivity contribution >= 4 is 11.6 Å². The predicted octanol–water partition coefficient (Wildman–Crippen LogP) is 2.41. The zero-order valence-corrected chi connectivity index (χ0v) is 14.5. The number of amides is 1. The molecular weight excluding hydrogens is 302 g/mol. The molecule has 2 heterocycles. The SMILES string of the molecule is Cc1nc2c(C#N)cnn2c(C)c1CCC(=O)N(C)CC1CCC1. The van der Waals surface area contributed by atoms with Gasteiger partial charge in [-0.05, 0) is 44.6 Å². The highest BCUT2D eigenvalue weighted by molar-refractivity contribution is 5.76. The molecule has 0 atom stereocenters. The molecule has 1 fully saturated rings. The van der Waals surface area contributed by atoms with Crippen LogP contribution >= 0.6 is 0 Å². The first-order chi connectivity index (χ1) is 11.5. The molecule has 0 bridgehead atoms. The standard InChI is InChI=1S/C18H23N5O/c1-12-16(7-8-17(24)22(3)11-14-5-4-6-14)13(2)23-18(21-12)15(9-19)10-20-23/h10,14H,4-8,11H2,1-3H3. The summed E-state index contributed by atoms with van der Waals surface area (Å²) < 4.78 is 1.70. The van der Waals surface area contributed by atoms with Crippen LogP contribution < -0.4 is 0 Å². The van der Waals surface area contributed by atoms with Crippen molar-refractivity contribution in [2.75, 3.05) is 13.6 Å². The van der Waals surface area contributed by atoms with Gasteiger partial charge in [0.25, 0.3) is 0 Å². The highest BCUT2D eigenvalue weighted by Crippen LogP contribution is 2.27. The molecule has 126 valence electrons. The lowest BCUT2D eigenvalue weighted by atomic mass is 9.85. The fourth-order valence-electron chi connectivity index (χ4n) is 3.34. The highest BCUT2D eigenvalue weighted by atomic mass is 16.2. The first kappa shape index (κ1) is 16.4. The fraction of sp³-hybridized carbons (Fsp3) is 0.556. The average molecular weight is 325 g/mol. The van der Waals surface area contributed by atoms with Gasteiger partial charge >= 0.3 is 0 Å². The lowest BCUT2D eigenvalue weighted by molar-refractivity contribution is -0.130. The molecule has 0 N–H and O–H groups in total. The lowest BCUT2D eigenvalue weighted by Crippen LogP contribution is -2.34. The monoisotopic (exact) mass is 325 g/mol. The molecule has 2 aromatic rings. The van der Waals surface area contributed by atoms with Crippen molar-refractivity contribution in [3.05, 3.63) is 28.7 Å². The van der Waals surface area contributed by atoms with Crippen LogP contribution in [0.1, 0.15) is 48.2 Å². The molecule has 1 saturated carbocycles. The van der Waals surface area contributed by atoms with Crippen molar-refractivity contribution < 1.29 is 4.79 Å². The fourth-order valence-corrected chi connectivity index (χ4v) is 3.34. The second-order valence-corrected chi connectivity index (χ2v) is 6.74. The summed E-state index contributed by atoms with van der Waals surface area (Å²) in [5, 5.41) is 13.4. The first-order valence-corrected chi connectivity index (χ1v) is 8.49. The minimum absolute atomic E-state index is 0.180. The maximum atomic E-state index is 12.4. The molecule has 0 saturated heterocycles. The summed E-state index contributed by atoms with van der Waals surface area (Å²) in [6.07, 6.45) is 6.45. The quantitative estimate of drug-likeness (QED) is 0.846. The molecule has 2 aromatic heterocycles. The van der Waals surface area contributed by atoms with Gasteiger partial charge in [0.15, 0.2) is 5.65 Å². The maximum absolute atomic E-state index is 12.4. The van der Waals surface area contributed by atoms with Crippen molar-refractivity contribution in [3.8, 4) is 6.07 Å². The van der Waals surface area contributed by atoms with Gasteiger partial charge in [-0.1, -0.05) is 6.42 Å². The van der Waals surface area contributed by atoms with E-state index in [0.29, 0.717) is 30.0 Å². The Bertz CT molecular complexity index is 813. The number of nitriles is 1. The molecule has 0 unspecified atom stereocenters. The van der Waals surface area contributed by atoms with E-state index in [-0.39, 0.29) is 5.91 Å². The van der Waals surface area contributed by atoms with E-state index in [2.05, 4.69) is 16.2 Å². The zero-order valence-electron chi connectivity index (χ0n) is 14.5. The van der Waals surface area contributed by atoms with Gasteiger partial charge in [-0.15, -0.1) is 0 Å². The normalized spacial score (nSPS) is 14.4. The lowest BCUT2D eigenvalue weighted by Gasteiger charge is -2.30. The molecule has 1 amide bonds. The highest BCUT2D eigenvalue weighted by Gasteiger charge is 2.22. The van der Waals surface area contributed by atoms with E-state index < -0.39 is 0 Å². The van der Waals surface area contributed by atoms with Crippen LogP contribution in [0.4, 0.5) is 0 Å². The van der Waals surface area contributed by atoms with Gasteiger partial charge in [0.2, 0.25) is 5.91 Å². The van der Waals surface area contributed by atoms with Gasteiger partial charge in [0, 0.05) is 31.4 Å². The molecular formula is C18H23N5O. The summed E-state index contributed by atoms with van der Waals surface area (Å²) in [7, 11) is 1.90. The molecule has 0 spiro atoms. The summed E-state index contributed by atoms with van der Waals surface area (Å²) >= 11 is 0. The number of fused-ring (bicyclic) bond motifs is 1. The molecule has 6 heteroatoms. The molecule has 0 radical (unpaired) electrons. The smallest absolute Gasteiger partial charge is 0.222 e. The topological polar surface area (TPSA) is 74.3 Å². The summed E-state index contributed by atoms with van der Waals surface area (Å²) in [6.45, 7) is 4.77. The van der Waals surface area contributed by atoms with Crippen molar-refractivity contribution in [2.24, 2.45) is 5.92 Å². The molecule has 0 aromatic carbocycles. The minimum atomic E-state index is 0.180. The van der Waals surface area contributed by atoms with E-state index in [1.54, 1.807) is 4.52 Å². The summed E-state index contributed by atoms with van der Waals surface area (Å²) in [4.78, 5) is 18.7. The van der Waals surface area contributed by atoms with Gasteiger partial charge < -0.3 is 4.90 Å². The number of rotatable bonds is 5. The average Bonchev–Trinajstić information content (AvgIpc) is 2.93. The maximum Gasteiger partial charge on any atom is 0.222 e. The third kappa shape index (κ3) is 2.99. The second kappa shape index (κ2) is 6.60. The Labute approximate surface area is 142 Å². The molecule has 6 nitrogen and oxygen atoms in total. The molecule has 0 aliphatic heterocycles. The van der Waals surface area contributed by atoms with Gasteiger partial charge in [-0.2, -0.15) is 10.4 Å². The van der Waals surface area contributed by atoms with Crippen LogP contribution in [0.2, 0.25) is 0 Å². The first-order valence-electron chi connectivity index (χ1n) is 8.49. The van der Waals surface area contributed by atoms with Crippen LogP contribution in [-0.4, -0.2) is 39.0 Å². The largest absolute Gasteiger partial charge is 0.345 e. The number of aromatic nitrogens is 3. The second-order valence-electron chi connectivity index (χ2n) is 6.74. The van der Waals surface area contributed by atoms with Crippen LogP contribution in [0.15, 0.2) is 6.20 Å². The van der Waals surface area contributed by atoms with E-state index >= 15 is 0 Å². The van der Waals surface area contributed by atoms with Gasteiger partial charge in [-0.3, -0.25) is 4.79 Å². The molecule has 1 aliphatic carbocycles. The van der Waals surface area contributed by atoms with E-state index in [1.807, 2.05) is 25.8 Å². The third-order valence-electron chi connectivity index (χ3n) is 5.10. The Kier molecular flexibility index (Phi) is 4.52. The number of hydrogen-bond donors (Lipinski definition) is 0. The van der Waals surface area contributed by atoms with E-state index in [0.717, 1.165) is 23.5 Å². The Hall–Kier alpha value is -2.42. The molecule has 3 rings (SSSR count). The Morgan fingerprint density at radius 2 is 2.21 bits per heavy atom. The van der Waals surface area contributed by atoms with Crippen LogP contribution in [0.25, 0.3) is 5.65 Å². The minimum Gasteiger partial charge on any atom is -0.345 e. The third-order valence-corrected chi connectivity index (χ3v) is 5.10. The number of hydrogen-bond acceptors (Lipinski definition) is 4. The summed E-state index contributed by atoms with van der Waals surface area (Å²) in [5.41, 5.74) is 3.93. The Morgan fingerprint density at radius 3 is 2.83 bits per heavy atom. The zero-order chi connectivity index (χ0) is 17.3. The molecule has 1 aliphatic rings. The van der Waals surface area contributed by atoms with Crippen molar-refractivity contribution in [3.63, 3.8) is 0 Å². The Morgan fingerprint density at radius 1 is 1.46 bits per heavy atom. The van der Waals surface area contributed by atoms with Gasteiger partial charge in [0.1, 0.15) is 11.6 Å². The van der Waals surface area contributed by atoms with Crippen molar-refractivity contribution in [2.45, 2.75) is 46.0 Å². The Balaban J connectivity index is 1.73. The number of carbonyl (C=O) groups is 1. The number of carbonyl (C=O) groups excluding carboxylic acids is 1.